The van der Waals surface area contributed by atoms with Gasteiger partial charge in [-0.05, 0) is 51.0 Å². The fraction of sp³-hybridized carbons (Fsp3) is 0.632. The third kappa shape index (κ3) is 4.26. The predicted octanol–water partition coefficient (Wildman–Crippen LogP) is 2.61. The average Bonchev–Trinajstić information content (AvgIpc) is 2.93. The molecule has 0 aliphatic heterocycles. The van der Waals surface area contributed by atoms with E-state index in [1.54, 1.807) is 25.8 Å². The highest BCUT2D eigenvalue weighted by Crippen LogP contribution is 2.26. The zero-order valence-corrected chi connectivity index (χ0v) is 16.2. The number of carbonyl (C=O) groups is 3. The van der Waals surface area contributed by atoms with Gasteiger partial charge < -0.3 is 19.4 Å². The summed E-state index contributed by atoms with van der Waals surface area (Å²) >= 11 is 0. The van der Waals surface area contributed by atoms with Gasteiger partial charge in [0.15, 0.2) is 6.61 Å². The number of hydrogen-bond acceptors (Lipinski definition) is 5. The Hall–Kier alpha value is -2.31. The summed E-state index contributed by atoms with van der Waals surface area (Å²) in [6.45, 7) is 5.23. The molecule has 7 heteroatoms. The summed E-state index contributed by atoms with van der Waals surface area (Å²) in [5.74, 6) is -0.680. The van der Waals surface area contributed by atoms with Crippen LogP contribution in [0.1, 0.15) is 64.7 Å². The van der Waals surface area contributed by atoms with E-state index in [-0.39, 0.29) is 24.2 Å². The van der Waals surface area contributed by atoms with Crippen LogP contribution in [0.15, 0.2) is 0 Å². The maximum atomic E-state index is 12.3. The molecule has 1 amide bonds. The van der Waals surface area contributed by atoms with Crippen molar-refractivity contribution in [2.24, 2.45) is 5.92 Å². The number of likely N-dealkylation sites (N-methyl/N-ethyl adjacent to an activating group) is 1. The summed E-state index contributed by atoms with van der Waals surface area (Å²) in [5.41, 5.74) is 1.48. The molecule has 1 fully saturated rings. The highest BCUT2D eigenvalue weighted by Gasteiger charge is 2.27. The van der Waals surface area contributed by atoms with Gasteiger partial charge in [0.2, 0.25) is 0 Å². The first-order valence-electron chi connectivity index (χ1n) is 8.96. The maximum absolute atomic E-state index is 12.3. The SMILES string of the molecule is COC(=O)c1c(C)[nH]c(C(=O)OCC(=O)N(C)C2CCC(C)CC2)c1C. The number of nitrogens with one attached hydrogen (secondary N) is 1. The summed E-state index contributed by atoms with van der Waals surface area (Å²) in [7, 11) is 3.04. The highest BCUT2D eigenvalue weighted by molar-refractivity contribution is 5.99. The van der Waals surface area contributed by atoms with Crippen LogP contribution < -0.4 is 0 Å². The van der Waals surface area contributed by atoms with Crippen molar-refractivity contribution in [3.8, 4) is 0 Å². The van der Waals surface area contributed by atoms with Crippen molar-refractivity contribution in [2.45, 2.75) is 52.5 Å². The second kappa shape index (κ2) is 8.38. The van der Waals surface area contributed by atoms with Crippen LogP contribution in [-0.4, -0.2) is 54.5 Å². The van der Waals surface area contributed by atoms with Crippen LogP contribution in [0.2, 0.25) is 0 Å². The molecule has 0 unspecified atom stereocenters. The van der Waals surface area contributed by atoms with Crippen LogP contribution in [-0.2, 0) is 14.3 Å². The van der Waals surface area contributed by atoms with Crippen LogP contribution in [0.25, 0.3) is 0 Å². The molecule has 1 aliphatic carbocycles. The van der Waals surface area contributed by atoms with Crippen LogP contribution >= 0.6 is 0 Å². The number of rotatable bonds is 5. The molecule has 1 saturated carbocycles. The van der Waals surface area contributed by atoms with E-state index in [0.717, 1.165) is 25.7 Å². The number of nitrogens with zero attached hydrogens (tertiary/aromatic N) is 1. The highest BCUT2D eigenvalue weighted by atomic mass is 16.5. The lowest BCUT2D eigenvalue weighted by atomic mass is 9.87. The van der Waals surface area contributed by atoms with E-state index in [9.17, 15) is 14.4 Å². The van der Waals surface area contributed by atoms with Crippen LogP contribution in [0.5, 0.6) is 0 Å². The number of hydrogen-bond donors (Lipinski definition) is 1. The Labute approximate surface area is 154 Å². The Morgan fingerprint density at radius 3 is 2.31 bits per heavy atom. The number of aromatic nitrogens is 1. The smallest absolute Gasteiger partial charge is 0.355 e. The molecule has 7 nitrogen and oxygen atoms in total. The second-order valence-corrected chi connectivity index (χ2v) is 7.11. The van der Waals surface area contributed by atoms with Gasteiger partial charge in [-0.15, -0.1) is 0 Å². The fourth-order valence-electron chi connectivity index (χ4n) is 3.50. The molecular weight excluding hydrogens is 336 g/mol. The van der Waals surface area contributed by atoms with E-state index in [0.29, 0.717) is 22.7 Å². The minimum Gasteiger partial charge on any atom is -0.465 e. The van der Waals surface area contributed by atoms with Crippen LogP contribution in [0, 0.1) is 19.8 Å². The lowest BCUT2D eigenvalue weighted by Gasteiger charge is -2.33. The first kappa shape index (κ1) is 20.0. The number of aryl methyl sites for hydroxylation is 1. The number of methoxy groups -OCH3 is 1. The van der Waals surface area contributed by atoms with E-state index in [4.69, 9.17) is 9.47 Å². The van der Waals surface area contributed by atoms with Crippen molar-refractivity contribution < 1.29 is 23.9 Å². The van der Waals surface area contributed by atoms with Gasteiger partial charge in [-0.2, -0.15) is 0 Å². The Morgan fingerprint density at radius 1 is 1.12 bits per heavy atom. The fourth-order valence-corrected chi connectivity index (χ4v) is 3.50. The van der Waals surface area contributed by atoms with Gasteiger partial charge in [0.25, 0.3) is 5.91 Å². The largest absolute Gasteiger partial charge is 0.465 e. The average molecular weight is 364 g/mol. The molecule has 144 valence electrons. The molecule has 0 aromatic carbocycles. The van der Waals surface area contributed by atoms with Gasteiger partial charge in [-0.3, -0.25) is 4.79 Å². The third-order valence-electron chi connectivity index (χ3n) is 5.28. The van der Waals surface area contributed by atoms with E-state index < -0.39 is 11.9 Å². The quantitative estimate of drug-likeness (QED) is 0.811. The molecule has 1 heterocycles. The monoisotopic (exact) mass is 364 g/mol. The summed E-state index contributed by atoms with van der Waals surface area (Å²) < 4.78 is 9.90. The second-order valence-electron chi connectivity index (χ2n) is 7.11. The van der Waals surface area contributed by atoms with Crippen molar-refractivity contribution >= 4 is 17.8 Å². The van der Waals surface area contributed by atoms with Crippen LogP contribution in [0.4, 0.5) is 0 Å². The van der Waals surface area contributed by atoms with Crippen molar-refractivity contribution in [3.05, 3.63) is 22.5 Å². The molecule has 2 rings (SSSR count). The summed E-state index contributed by atoms with van der Waals surface area (Å²) in [4.78, 5) is 41.0. The minimum absolute atomic E-state index is 0.171. The molecule has 0 spiro atoms. The Bertz CT molecular complexity index is 686. The van der Waals surface area contributed by atoms with E-state index in [2.05, 4.69) is 11.9 Å². The lowest BCUT2D eigenvalue weighted by molar-refractivity contribution is -0.136. The summed E-state index contributed by atoms with van der Waals surface area (Å²) in [6.07, 6.45) is 4.18. The van der Waals surface area contributed by atoms with Gasteiger partial charge in [-0.1, -0.05) is 6.92 Å². The predicted molar refractivity (Wildman–Crippen MR) is 96.1 cm³/mol. The molecule has 1 aromatic heterocycles. The van der Waals surface area contributed by atoms with E-state index >= 15 is 0 Å². The number of H-pyrrole nitrogens is 1. The van der Waals surface area contributed by atoms with Gasteiger partial charge in [0.1, 0.15) is 5.69 Å². The molecule has 1 N–H and O–H groups in total. The van der Waals surface area contributed by atoms with Gasteiger partial charge >= 0.3 is 11.9 Å². The normalized spacial score (nSPS) is 19.7. The van der Waals surface area contributed by atoms with Crippen LogP contribution in [0.3, 0.4) is 0 Å². The van der Waals surface area contributed by atoms with Gasteiger partial charge in [-0.25, -0.2) is 9.59 Å². The summed E-state index contributed by atoms with van der Waals surface area (Å²) in [6, 6.07) is 0.206. The zero-order valence-electron chi connectivity index (χ0n) is 16.2. The first-order chi connectivity index (χ1) is 12.3. The number of aromatic amines is 1. The number of esters is 2. The molecule has 26 heavy (non-hydrogen) atoms. The van der Waals surface area contributed by atoms with Crippen molar-refractivity contribution in [1.82, 2.24) is 9.88 Å². The number of carbonyl (C=O) groups excluding carboxylic acids is 3. The lowest BCUT2D eigenvalue weighted by Crippen LogP contribution is -2.41. The van der Waals surface area contributed by atoms with E-state index in [1.807, 2.05) is 0 Å². The molecule has 0 atom stereocenters. The summed E-state index contributed by atoms with van der Waals surface area (Å²) in [5, 5.41) is 0. The molecule has 1 aliphatic rings. The molecule has 0 bridgehead atoms. The molecular formula is C19H28N2O5. The Morgan fingerprint density at radius 2 is 1.73 bits per heavy atom. The van der Waals surface area contributed by atoms with Gasteiger partial charge in [0, 0.05) is 18.8 Å². The number of amides is 1. The minimum atomic E-state index is -0.653. The molecule has 1 aromatic rings. The molecule has 0 saturated heterocycles. The maximum Gasteiger partial charge on any atom is 0.355 e. The van der Waals surface area contributed by atoms with Crippen molar-refractivity contribution in [3.63, 3.8) is 0 Å². The van der Waals surface area contributed by atoms with Crippen molar-refractivity contribution in [2.75, 3.05) is 20.8 Å². The Kier molecular flexibility index (Phi) is 6.45. The Balaban J connectivity index is 1.96. The standard InChI is InChI=1S/C19H28N2O5/c1-11-6-8-14(9-7-11)21(4)15(22)10-26-19(24)17-12(2)16(13(3)20-17)18(23)25-5/h11,14,20H,6-10H2,1-5H3. The van der Waals surface area contributed by atoms with Crippen molar-refractivity contribution in [1.29, 1.82) is 0 Å². The topological polar surface area (TPSA) is 88.7 Å². The first-order valence-corrected chi connectivity index (χ1v) is 8.96. The van der Waals surface area contributed by atoms with Gasteiger partial charge in [0.05, 0.1) is 12.7 Å². The zero-order chi connectivity index (χ0) is 19.4. The molecule has 0 radical (unpaired) electrons. The van der Waals surface area contributed by atoms with E-state index in [1.165, 1.54) is 7.11 Å². The number of ether oxygens (including phenoxy) is 2. The third-order valence-corrected chi connectivity index (χ3v) is 5.28.